The van der Waals surface area contributed by atoms with E-state index in [9.17, 15) is 4.79 Å². The van der Waals surface area contributed by atoms with Gasteiger partial charge in [0.05, 0.1) is 5.69 Å². The third-order valence-corrected chi connectivity index (χ3v) is 2.31. The largest absolute Gasteiger partial charge is 0.364 e. The molecule has 1 amide bonds. The van der Waals surface area contributed by atoms with E-state index in [1.165, 1.54) is 0 Å². The van der Waals surface area contributed by atoms with Crippen molar-refractivity contribution in [3.05, 3.63) is 36.3 Å². The average Bonchev–Trinajstić information content (AvgIpc) is 2.74. The summed E-state index contributed by atoms with van der Waals surface area (Å²) in [5, 5.41) is 4.31. The molecule has 0 saturated carbocycles. The number of hydrogen-bond donors (Lipinski definition) is 1. The van der Waals surface area contributed by atoms with Gasteiger partial charge in [-0.3, -0.25) is 14.5 Å². The number of hydrogen-bond acceptors (Lipinski definition) is 3. The molecular formula is C11H12N4O. The molecule has 0 aliphatic heterocycles. The standard InChI is InChI=1S/C11H12N4O/c1-2-15-10(11(12)16)7-9(14-15)8-3-5-13-6-4-8/h3-7H,2H2,1H3,(H2,12,16). The number of nitrogens with two attached hydrogens (primary N) is 1. The van der Waals surface area contributed by atoms with Crippen molar-refractivity contribution in [3.63, 3.8) is 0 Å². The number of aromatic nitrogens is 3. The SMILES string of the molecule is CCn1nc(-c2ccncc2)cc1C(N)=O. The predicted molar refractivity (Wildman–Crippen MR) is 59.6 cm³/mol. The van der Waals surface area contributed by atoms with Crippen LogP contribution in [0.3, 0.4) is 0 Å². The Hall–Kier alpha value is -2.17. The molecule has 0 atom stereocenters. The van der Waals surface area contributed by atoms with E-state index in [0.717, 1.165) is 11.3 Å². The molecule has 0 aliphatic rings. The smallest absolute Gasteiger partial charge is 0.266 e. The number of rotatable bonds is 3. The van der Waals surface area contributed by atoms with Crippen molar-refractivity contribution < 1.29 is 4.79 Å². The maximum Gasteiger partial charge on any atom is 0.266 e. The first-order chi connectivity index (χ1) is 7.72. The fraction of sp³-hybridized carbons (Fsp3) is 0.182. The minimum atomic E-state index is -0.463. The van der Waals surface area contributed by atoms with Crippen LogP contribution < -0.4 is 5.73 Å². The lowest BCUT2D eigenvalue weighted by Crippen LogP contribution is -2.16. The lowest BCUT2D eigenvalue weighted by molar-refractivity contribution is 0.0990. The number of primary amides is 1. The number of aryl methyl sites for hydroxylation is 1. The van der Waals surface area contributed by atoms with Crippen LogP contribution in [0.25, 0.3) is 11.3 Å². The van der Waals surface area contributed by atoms with Gasteiger partial charge in [0.25, 0.3) is 5.91 Å². The van der Waals surface area contributed by atoms with Gasteiger partial charge in [0, 0.05) is 24.5 Å². The van der Waals surface area contributed by atoms with Crippen LogP contribution in [0.2, 0.25) is 0 Å². The van der Waals surface area contributed by atoms with Crippen LogP contribution >= 0.6 is 0 Å². The molecule has 2 aromatic heterocycles. The Labute approximate surface area is 92.9 Å². The van der Waals surface area contributed by atoms with Crippen molar-refractivity contribution in [2.45, 2.75) is 13.5 Å². The van der Waals surface area contributed by atoms with Gasteiger partial charge in [-0.05, 0) is 25.1 Å². The van der Waals surface area contributed by atoms with E-state index >= 15 is 0 Å². The second kappa shape index (κ2) is 4.14. The summed E-state index contributed by atoms with van der Waals surface area (Å²) in [4.78, 5) is 15.1. The molecule has 0 aromatic carbocycles. The predicted octanol–water partition coefficient (Wildman–Crippen LogP) is 1.06. The van der Waals surface area contributed by atoms with Crippen LogP contribution in [0.1, 0.15) is 17.4 Å². The van der Waals surface area contributed by atoms with Gasteiger partial charge in [-0.2, -0.15) is 5.10 Å². The second-order valence-corrected chi connectivity index (χ2v) is 3.33. The maximum absolute atomic E-state index is 11.2. The zero-order chi connectivity index (χ0) is 11.5. The second-order valence-electron chi connectivity index (χ2n) is 3.33. The van der Waals surface area contributed by atoms with E-state index in [4.69, 9.17) is 5.73 Å². The lowest BCUT2D eigenvalue weighted by Gasteiger charge is -1.98. The summed E-state index contributed by atoms with van der Waals surface area (Å²) in [5.41, 5.74) is 7.35. The molecule has 0 bridgehead atoms. The van der Waals surface area contributed by atoms with E-state index in [-0.39, 0.29) is 0 Å². The fourth-order valence-electron chi connectivity index (χ4n) is 1.52. The van der Waals surface area contributed by atoms with Crippen LogP contribution in [0.15, 0.2) is 30.6 Å². The summed E-state index contributed by atoms with van der Waals surface area (Å²) >= 11 is 0. The zero-order valence-corrected chi connectivity index (χ0v) is 8.92. The Balaban J connectivity index is 2.48. The first kappa shape index (κ1) is 10.4. The number of nitrogens with zero attached hydrogens (tertiary/aromatic N) is 3. The molecule has 0 fully saturated rings. The van der Waals surface area contributed by atoms with E-state index in [2.05, 4.69) is 10.1 Å². The van der Waals surface area contributed by atoms with Gasteiger partial charge in [-0.15, -0.1) is 0 Å². The summed E-state index contributed by atoms with van der Waals surface area (Å²) < 4.78 is 1.60. The summed E-state index contributed by atoms with van der Waals surface area (Å²) in [6.45, 7) is 2.53. The Morgan fingerprint density at radius 2 is 2.12 bits per heavy atom. The van der Waals surface area contributed by atoms with Gasteiger partial charge in [-0.25, -0.2) is 0 Å². The highest BCUT2D eigenvalue weighted by atomic mass is 16.1. The van der Waals surface area contributed by atoms with Crippen molar-refractivity contribution in [1.82, 2.24) is 14.8 Å². The highest BCUT2D eigenvalue weighted by molar-refractivity contribution is 5.92. The molecule has 82 valence electrons. The fourth-order valence-corrected chi connectivity index (χ4v) is 1.52. The minimum Gasteiger partial charge on any atom is -0.364 e. The molecule has 5 heteroatoms. The number of pyridine rings is 1. The Morgan fingerprint density at radius 3 is 2.62 bits per heavy atom. The van der Waals surface area contributed by atoms with Gasteiger partial charge in [0.2, 0.25) is 0 Å². The summed E-state index contributed by atoms with van der Waals surface area (Å²) in [5.74, 6) is -0.463. The molecule has 0 aliphatic carbocycles. The van der Waals surface area contributed by atoms with Gasteiger partial charge in [0.1, 0.15) is 5.69 Å². The maximum atomic E-state index is 11.2. The van der Waals surface area contributed by atoms with Gasteiger partial charge in [0.15, 0.2) is 0 Å². The first-order valence-electron chi connectivity index (χ1n) is 5.00. The van der Waals surface area contributed by atoms with E-state index in [1.54, 1.807) is 23.1 Å². The van der Waals surface area contributed by atoms with Gasteiger partial charge in [-0.1, -0.05) is 0 Å². The van der Waals surface area contributed by atoms with Crippen molar-refractivity contribution in [2.24, 2.45) is 5.73 Å². The first-order valence-corrected chi connectivity index (χ1v) is 5.00. The molecule has 0 radical (unpaired) electrons. The Bertz CT molecular complexity index is 504. The molecule has 2 aromatic rings. The minimum absolute atomic E-state index is 0.425. The zero-order valence-electron chi connectivity index (χ0n) is 8.92. The van der Waals surface area contributed by atoms with Crippen molar-refractivity contribution in [1.29, 1.82) is 0 Å². The van der Waals surface area contributed by atoms with Crippen LogP contribution in [0.4, 0.5) is 0 Å². The molecule has 2 rings (SSSR count). The molecule has 5 nitrogen and oxygen atoms in total. The summed E-state index contributed by atoms with van der Waals surface area (Å²) in [6.07, 6.45) is 3.37. The Morgan fingerprint density at radius 1 is 1.44 bits per heavy atom. The Kier molecular flexibility index (Phi) is 2.68. The quantitative estimate of drug-likeness (QED) is 0.833. The monoisotopic (exact) mass is 216 g/mol. The van der Waals surface area contributed by atoms with Crippen molar-refractivity contribution in [2.75, 3.05) is 0 Å². The van der Waals surface area contributed by atoms with Crippen LogP contribution in [-0.2, 0) is 6.54 Å². The van der Waals surface area contributed by atoms with Crippen LogP contribution in [0.5, 0.6) is 0 Å². The molecule has 0 unspecified atom stereocenters. The van der Waals surface area contributed by atoms with E-state index in [0.29, 0.717) is 12.2 Å². The van der Waals surface area contributed by atoms with Crippen molar-refractivity contribution in [3.8, 4) is 11.3 Å². The van der Waals surface area contributed by atoms with E-state index < -0.39 is 5.91 Å². The summed E-state index contributed by atoms with van der Waals surface area (Å²) in [7, 11) is 0. The molecular weight excluding hydrogens is 204 g/mol. The molecule has 16 heavy (non-hydrogen) atoms. The highest BCUT2D eigenvalue weighted by Crippen LogP contribution is 2.17. The van der Waals surface area contributed by atoms with Crippen molar-refractivity contribution >= 4 is 5.91 Å². The third-order valence-electron chi connectivity index (χ3n) is 2.31. The number of carbonyl (C=O) groups excluding carboxylic acids is 1. The molecule has 2 heterocycles. The van der Waals surface area contributed by atoms with E-state index in [1.807, 2.05) is 19.1 Å². The molecule has 0 spiro atoms. The van der Waals surface area contributed by atoms with Gasteiger partial charge >= 0.3 is 0 Å². The molecule has 2 N–H and O–H groups in total. The third kappa shape index (κ3) is 1.79. The average molecular weight is 216 g/mol. The summed E-state index contributed by atoms with van der Waals surface area (Å²) in [6, 6.07) is 5.38. The number of amides is 1. The van der Waals surface area contributed by atoms with Crippen LogP contribution in [-0.4, -0.2) is 20.7 Å². The van der Waals surface area contributed by atoms with Crippen LogP contribution in [0, 0.1) is 0 Å². The topological polar surface area (TPSA) is 73.8 Å². The number of carbonyl (C=O) groups is 1. The lowest BCUT2D eigenvalue weighted by atomic mass is 10.2. The molecule has 0 saturated heterocycles. The highest BCUT2D eigenvalue weighted by Gasteiger charge is 2.12. The normalized spacial score (nSPS) is 10.3. The van der Waals surface area contributed by atoms with Gasteiger partial charge < -0.3 is 5.73 Å².